The number of hydrogen-bond donors (Lipinski definition) is 2. The first-order chi connectivity index (χ1) is 24.0. The number of aliphatic hydroxyl groups excluding tert-OH is 2. The summed E-state index contributed by atoms with van der Waals surface area (Å²) in [7, 11) is 0. The third kappa shape index (κ3) is 37.4. The fraction of sp³-hybridized carbons (Fsp3) is 0.857. The van der Waals surface area contributed by atoms with Crippen molar-refractivity contribution in [3.8, 4) is 0 Å². The van der Waals surface area contributed by atoms with E-state index in [-0.39, 0.29) is 31.8 Å². The molecule has 0 aromatic carbocycles. The molecular formula is C42H78O7. The second-order valence-corrected chi connectivity index (χ2v) is 13.8. The van der Waals surface area contributed by atoms with Gasteiger partial charge in [0.15, 0.2) is 0 Å². The SMILES string of the molecule is CCCCCCCCC=CCCCCCCCC(=O)OCC(COC(=O)CCCCCCCC=CCCCCCCCC)OCC(O)CO. The summed E-state index contributed by atoms with van der Waals surface area (Å²) in [6.45, 7) is 3.84. The summed E-state index contributed by atoms with van der Waals surface area (Å²) < 4.78 is 16.4. The van der Waals surface area contributed by atoms with E-state index in [1.807, 2.05) is 0 Å². The molecule has 288 valence electrons. The van der Waals surface area contributed by atoms with Crippen LogP contribution in [0.1, 0.15) is 194 Å². The highest BCUT2D eigenvalue weighted by Crippen LogP contribution is 2.12. The van der Waals surface area contributed by atoms with Crippen LogP contribution in [0.15, 0.2) is 24.3 Å². The molecule has 0 heterocycles. The lowest BCUT2D eigenvalue weighted by molar-refractivity contribution is -0.157. The zero-order chi connectivity index (χ0) is 35.9. The highest BCUT2D eigenvalue weighted by Gasteiger charge is 2.17. The zero-order valence-corrected chi connectivity index (χ0v) is 32.0. The molecule has 0 aliphatic heterocycles. The number of carbonyl (C=O) groups is 2. The molecule has 0 amide bonds. The monoisotopic (exact) mass is 695 g/mol. The van der Waals surface area contributed by atoms with Gasteiger partial charge in [-0.15, -0.1) is 0 Å². The van der Waals surface area contributed by atoms with Crippen molar-refractivity contribution in [1.82, 2.24) is 0 Å². The minimum Gasteiger partial charge on any atom is -0.463 e. The molecule has 1 unspecified atom stereocenters. The lowest BCUT2D eigenvalue weighted by atomic mass is 10.1. The molecule has 0 radical (unpaired) electrons. The molecular weight excluding hydrogens is 616 g/mol. The largest absolute Gasteiger partial charge is 0.463 e. The smallest absolute Gasteiger partial charge is 0.305 e. The molecule has 7 nitrogen and oxygen atoms in total. The van der Waals surface area contributed by atoms with Gasteiger partial charge in [-0.3, -0.25) is 9.59 Å². The second-order valence-electron chi connectivity index (χ2n) is 13.8. The number of esters is 2. The van der Waals surface area contributed by atoms with Crippen LogP contribution in [0, 0.1) is 0 Å². The van der Waals surface area contributed by atoms with Crippen LogP contribution in [0.3, 0.4) is 0 Å². The van der Waals surface area contributed by atoms with Crippen molar-refractivity contribution in [2.24, 2.45) is 0 Å². The first-order valence-electron chi connectivity index (χ1n) is 20.5. The Kier molecular flexibility index (Phi) is 37.7. The van der Waals surface area contributed by atoms with Gasteiger partial charge in [-0.2, -0.15) is 0 Å². The quantitative estimate of drug-likeness (QED) is 0.0377. The standard InChI is InChI=1S/C42H78O7/c1-3-5-7-9-11-13-15-17-19-21-23-25-27-29-31-33-41(45)48-37-40(47-36-39(44)35-43)38-49-42(46)34-32-30-28-26-24-22-20-18-16-14-12-10-8-6-4-2/h17-20,39-40,43-44H,3-16,21-38H2,1-2H3. The molecule has 7 heteroatoms. The van der Waals surface area contributed by atoms with E-state index in [9.17, 15) is 14.7 Å². The van der Waals surface area contributed by atoms with Crippen LogP contribution in [0.25, 0.3) is 0 Å². The van der Waals surface area contributed by atoms with E-state index < -0.39 is 18.8 Å². The van der Waals surface area contributed by atoms with Crippen LogP contribution in [-0.2, 0) is 23.8 Å². The average Bonchev–Trinajstić information content (AvgIpc) is 3.11. The van der Waals surface area contributed by atoms with E-state index in [4.69, 9.17) is 19.3 Å². The molecule has 2 N–H and O–H groups in total. The van der Waals surface area contributed by atoms with Crippen molar-refractivity contribution < 1.29 is 34.0 Å². The van der Waals surface area contributed by atoms with Crippen molar-refractivity contribution in [2.45, 2.75) is 206 Å². The molecule has 0 aliphatic rings. The fourth-order valence-electron chi connectivity index (χ4n) is 5.64. The summed E-state index contributed by atoms with van der Waals surface area (Å²) in [5, 5.41) is 18.8. The normalized spacial score (nSPS) is 13.0. The zero-order valence-electron chi connectivity index (χ0n) is 32.0. The molecule has 49 heavy (non-hydrogen) atoms. The van der Waals surface area contributed by atoms with Gasteiger partial charge in [0.25, 0.3) is 0 Å². The first kappa shape index (κ1) is 47.3. The molecule has 0 saturated heterocycles. The molecule has 0 aliphatic carbocycles. The number of carbonyl (C=O) groups excluding carboxylic acids is 2. The first-order valence-corrected chi connectivity index (χ1v) is 20.5. The van der Waals surface area contributed by atoms with Gasteiger partial charge in [-0.05, 0) is 64.2 Å². The molecule has 0 aromatic rings. The van der Waals surface area contributed by atoms with E-state index in [0.29, 0.717) is 12.8 Å². The van der Waals surface area contributed by atoms with Crippen LogP contribution in [0.2, 0.25) is 0 Å². The highest BCUT2D eigenvalue weighted by atomic mass is 16.6. The number of unbranched alkanes of at least 4 members (excludes halogenated alkanes) is 22. The summed E-state index contributed by atoms with van der Waals surface area (Å²) in [6, 6.07) is 0. The van der Waals surface area contributed by atoms with Gasteiger partial charge < -0.3 is 24.4 Å². The maximum atomic E-state index is 12.3. The topological polar surface area (TPSA) is 102 Å². The molecule has 0 saturated carbocycles. The van der Waals surface area contributed by atoms with E-state index >= 15 is 0 Å². The fourth-order valence-corrected chi connectivity index (χ4v) is 5.64. The van der Waals surface area contributed by atoms with E-state index in [2.05, 4.69) is 38.2 Å². The van der Waals surface area contributed by atoms with Crippen molar-refractivity contribution in [2.75, 3.05) is 26.4 Å². The number of rotatable bonds is 38. The Morgan fingerprint density at radius 2 is 0.816 bits per heavy atom. The predicted octanol–water partition coefficient (Wildman–Crippen LogP) is 10.9. The Morgan fingerprint density at radius 1 is 0.490 bits per heavy atom. The van der Waals surface area contributed by atoms with Crippen molar-refractivity contribution in [3.63, 3.8) is 0 Å². The predicted molar refractivity (Wildman–Crippen MR) is 204 cm³/mol. The van der Waals surface area contributed by atoms with Gasteiger partial charge in [-0.25, -0.2) is 0 Å². The molecule has 0 rings (SSSR count). The molecule has 0 aromatic heterocycles. The van der Waals surface area contributed by atoms with Crippen LogP contribution < -0.4 is 0 Å². The van der Waals surface area contributed by atoms with Crippen LogP contribution in [0.5, 0.6) is 0 Å². The maximum absolute atomic E-state index is 12.3. The minimum atomic E-state index is -1.04. The number of hydrogen-bond acceptors (Lipinski definition) is 7. The van der Waals surface area contributed by atoms with Crippen molar-refractivity contribution in [1.29, 1.82) is 0 Å². The molecule has 0 bridgehead atoms. The Hall–Kier alpha value is -1.70. The van der Waals surface area contributed by atoms with Gasteiger partial charge in [0.2, 0.25) is 0 Å². The van der Waals surface area contributed by atoms with Gasteiger partial charge in [0.1, 0.15) is 25.4 Å². The lowest BCUT2D eigenvalue weighted by Crippen LogP contribution is -2.32. The third-order valence-electron chi connectivity index (χ3n) is 8.88. The summed E-state index contributed by atoms with van der Waals surface area (Å²) >= 11 is 0. The molecule has 0 spiro atoms. The lowest BCUT2D eigenvalue weighted by Gasteiger charge is -2.19. The van der Waals surface area contributed by atoms with Gasteiger partial charge in [0.05, 0.1) is 13.2 Å². The number of ether oxygens (including phenoxy) is 3. The Labute approximate surface area is 302 Å². The van der Waals surface area contributed by atoms with Gasteiger partial charge in [-0.1, -0.05) is 141 Å². The van der Waals surface area contributed by atoms with Crippen molar-refractivity contribution in [3.05, 3.63) is 24.3 Å². The van der Waals surface area contributed by atoms with Crippen LogP contribution in [0.4, 0.5) is 0 Å². The Bertz CT molecular complexity index is 710. The van der Waals surface area contributed by atoms with Crippen molar-refractivity contribution >= 4 is 11.9 Å². The van der Waals surface area contributed by atoms with Gasteiger partial charge >= 0.3 is 11.9 Å². The summed E-state index contributed by atoms with van der Waals surface area (Å²) in [5.41, 5.74) is 0. The van der Waals surface area contributed by atoms with Gasteiger partial charge in [0, 0.05) is 12.8 Å². The average molecular weight is 695 g/mol. The van der Waals surface area contributed by atoms with Crippen LogP contribution >= 0.6 is 0 Å². The Balaban J connectivity index is 3.93. The van der Waals surface area contributed by atoms with E-state index in [0.717, 1.165) is 51.4 Å². The second kappa shape index (κ2) is 39.1. The number of allylic oxidation sites excluding steroid dienone is 4. The minimum absolute atomic E-state index is 0.0528. The Morgan fingerprint density at radius 3 is 1.16 bits per heavy atom. The third-order valence-corrected chi connectivity index (χ3v) is 8.88. The van der Waals surface area contributed by atoms with Crippen LogP contribution in [-0.4, -0.2) is 60.8 Å². The van der Waals surface area contributed by atoms with E-state index in [1.54, 1.807) is 0 Å². The highest BCUT2D eigenvalue weighted by molar-refractivity contribution is 5.69. The molecule has 0 fully saturated rings. The summed E-state index contributed by atoms with van der Waals surface area (Å²) in [6.07, 6.45) is 39.5. The number of aliphatic hydroxyl groups is 2. The summed E-state index contributed by atoms with van der Waals surface area (Å²) in [5.74, 6) is -0.595. The maximum Gasteiger partial charge on any atom is 0.305 e. The summed E-state index contributed by atoms with van der Waals surface area (Å²) in [4.78, 5) is 24.6. The van der Waals surface area contributed by atoms with E-state index in [1.165, 1.54) is 116 Å². The molecule has 1 atom stereocenters.